The predicted octanol–water partition coefficient (Wildman–Crippen LogP) is 1.34. The summed E-state index contributed by atoms with van der Waals surface area (Å²) in [7, 11) is 1.52. The van der Waals surface area contributed by atoms with E-state index < -0.39 is 11.7 Å². The molecule has 7 nitrogen and oxygen atoms in total. The number of amides is 2. The summed E-state index contributed by atoms with van der Waals surface area (Å²) in [5.74, 6) is -1.06. The second kappa shape index (κ2) is 9.03. The fraction of sp³-hybridized carbons (Fsp3) is 0.286. The zero-order valence-electron chi connectivity index (χ0n) is 15.8. The van der Waals surface area contributed by atoms with Gasteiger partial charge in [0.1, 0.15) is 5.75 Å². The molecule has 1 saturated heterocycles. The maximum absolute atomic E-state index is 12.4. The third-order valence-electron chi connectivity index (χ3n) is 4.71. The van der Waals surface area contributed by atoms with Gasteiger partial charge in [-0.25, -0.2) is 0 Å². The summed E-state index contributed by atoms with van der Waals surface area (Å²) in [4.78, 5) is 40.5. The van der Waals surface area contributed by atoms with Crippen molar-refractivity contribution in [3.8, 4) is 5.75 Å². The number of methoxy groups -OCH3 is 1. The number of ketones is 1. The van der Waals surface area contributed by atoms with Gasteiger partial charge in [0.15, 0.2) is 0 Å². The number of piperazine rings is 1. The third kappa shape index (κ3) is 4.68. The molecule has 0 saturated carbocycles. The molecule has 0 radical (unpaired) electrons. The molecule has 0 bridgehead atoms. The van der Waals surface area contributed by atoms with Crippen molar-refractivity contribution in [1.29, 1.82) is 0 Å². The minimum atomic E-state index is -0.790. The van der Waals surface area contributed by atoms with E-state index >= 15 is 0 Å². The van der Waals surface area contributed by atoms with Gasteiger partial charge in [-0.05, 0) is 36.4 Å². The Morgan fingerprint density at radius 1 is 0.929 bits per heavy atom. The Morgan fingerprint density at radius 3 is 2.18 bits per heavy atom. The molecule has 0 unspecified atom stereocenters. The number of hydrogen-bond acceptors (Lipinski definition) is 5. The summed E-state index contributed by atoms with van der Waals surface area (Å²) in [6.07, 6.45) is 0. The number of carbonyl (C=O) groups is 3. The van der Waals surface area contributed by atoms with Crippen LogP contribution in [0.4, 0.5) is 5.69 Å². The highest BCUT2D eigenvalue weighted by Crippen LogP contribution is 2.15. The molecule has 3 rings (SSSR count). The number of Topliss-reactive ketones (excluding diaryl/α,β-unsaturated/α-hetero) is 1. The molecule has 0 spiro atoms. The number of nitrogens with one attached hydrogen (secondary N) is 1. The molecule has 1 N–H and O–H groups in total. The SMILES string of the molecule is COc1ccc(C(=O)C(=O)NCC(=O)N2CCN(c3ccccc3)CC2)cc1. The van der Waals surface area contributed by atoms with Crippen LogP contribution in [0.15, 0.2) is 54.6 Å². The molecule has 2 aromatic carbocycles. The van der Waals surface area contributed by atoms with Gasteiger partial charge in [0.25, 0.3) is 5.91 Å². The molecule has 0 atom stereocenters. The molecular formula is C21H23N3O4. The van der Waals surface area contributed by atoms with Gasteiger partial charge in [-0.1, -0.05) is 18.2 Å². The average Bonchev–Trinajstić information content (AvgIpc) is 2.77. The van der Waals surface area contributed by atoms with Crippen molar-refractivity contribution in [2.24, 2.45) is 0 Å². The van der Waals surface area contributed by atoms with Crippen molar-refractivity contribution in [2.45, 2.75) is 0 Å². The molecule has 1 heterocycles. The van der Waals surface area contributed by atoms with Gasteiger partial charge in [0.05, 0.1) is 13.7 Å². The van der Waals surface area contributed by atoms with Crippen LogP contribution >= 0.6 is 0 Å². The Morgan fingerprint density at radius 2 is 1.57 bits per heavy atom. The van der Waals surface area contributed by atoms with E-state index in [1.165, 1.54) is 19.2 Å². The first kappa shape index (κ1) is 19.4. The lowest BCUT2D eigenvalue weighted by molar-refractivity contribution is -0.132. The highest BCUT2D eigenvalue weighted by Gasteiger charge is 2.23. The molecule has 1 fully saturated rings. The van der Waals surface area contributed by atoms with Crippen molar-refractivity contribution in [1.82, 2.24) is 10.2 Å². The average molecular weight is 381 g/mol. The van der Waals surface area contributed by atoms with Crippen LogP contribution < -0.4 is 15.0 Å². The van der Waals surface area contributed by atoms with Gasteiger partial charge in [-0.2, -0.15) is 0 Å². The van der Waals surface area contributed by atoms with Gasteiger partial charge in [-0.3, -0.25) is 14.4 Å². The van der Waals surface area contributed by atoms with E-state index in [2.05, 4.69) is 10.2 Å². The lowest BCUT2D eigenvalue weighted by atomic mass is 10.1. The van der Waals surface area contributed by atoms with Gasteiger partial charge in [-0.15, -0.1) is 0 Å². The predicted molar refractivity (Wildman–Crippen MR) is 106 cm³/mol. The van der Waals surface area contributed by atoms with E-state index in [0.29, 0.717) is 18.8 Å². The molecule has 2 amide bonds. The van der Waals surface area contributed by atoms with Gasteiger partial charge in [0, 0.05) is 37.4 Å². The van der Waals surface area contributed by atoms with Gasteiger partial charge < -0.3 is 19.9 Å². The van der Waals surface area contributed by atoms with Crippen LogP contribution in [-0.2, 0) is 9.59 Å². The van der Waals surface area contributed by atoms with Crippen molar-refractivity contribution < 1.29 is 19.1 Å². The summed E-state index contributed by atoms with van der Waals surface area (Å²) < 4.78 is 5.03. The molecular weight excluding hydrogens is 358 g/mol. The molecule has 28 heavy (non-hydrogen) atoms. The van der Waals surface area contributed by atoms with E-state index in [-0.39, 0.29) is 18.0 Å². The number of ether oxygens (including phenoxy) is 1. The molecule has 0 aliphatic carbocycles. The smallest absolute Gasteiger partial charge is 0.292 e. The van der Waals surface area contributed by atoms with Crippen LogP contribution in [0, 0.1) is 0 Å². The lowest BCUT2D eigenvalue weighted by Crippen LogP contribution is -2.51. The Bertz CT molecular complexity index is 828. The Balaban J connectivity index is 1.46. The minimum Gasteiger partial charge on any atom is -0.497 e. The van der Waals surface area contributed by atoms with Crippen LogP contribution in [0.1, 0.15) is 10.4 Å². The normalized spacial score (nSPS) is 13.8. The van der Waals surface area contributed by atoms with E-state index in [4.69, 9.17) is 4.74 Å². The number of carbonyl (C=O) groups excluding carboxylic acids is 3. The molecule has 1 aliphatic rings. The third-order valence-corrected chi connectivity index (χ3v) is 4.71. The van der Waals surface area contributed by atoms with Crippen LogP contribution in [0.25, 0.3) is 0 Å². The van der Waals surface area contributed by atoms with Crippen LogP contribution in [0.3, 0.4) is 0 Å². The number of rotatable bonds is 6. The minimum absolute atomic E-state index is 0.188. The summed E-state index contributed by atoms with van der Waals surface area (Å²) >= 11 is 0. The Kier molecular flexibility index (Phi) is 6.26. The number of benzene rings is 2. The van der Waals surface area contributed by atoms with Crippen molar-refractivity contribution in [3.63, 3.8) is 0 Å². The maximum Gasteiger partial charge on any atom is 0.292 e. The molecule has 1 aliphatic heterocycles. The van der Waals surface area contributed by atoms with E-state index in [9.17, 15) is 14.4 Å². The van der Waals surface area contributed by atoms with E-state index in [0.717, 1.165) is 18.8 Å². The number of hydrogen-bond donors (Lipinski definition) is 1. The fourth-order valence-corrected chi connectivity index (χ4v) is 3.07. The lowest BCUT2D eigenvalue weighted by Gasteiger charge is -2.36. The molecule has 146 valence electrons. The first-order chi connectivity index (χ1) is 13.6. The Labute approximate surface area is 163 Å². The van der Waals surface area contributed by atoms with Crippen molar-refractivity contribution in [3.05, 3.63) is 60.2 Å². The zero-order chi connectivity index (χ0) is 19.9. The summed E-state index contributed by atoms with van der Waals surface area (Å²) in [6.45, 7) is 2.43. The highest BCUT2D eigenvalue weighted by atomic mass is 16.5. The molecule has 2 aromatic rings. The topological polar surface area (TPSA) is 78.9 Å². The standard InChI is InChI=1S/C21H23N3O4/c1-28-18-9-7-16(8-10-18)20(26)21(27)22-15-19(25)24-13-11-23(12-14-24)17-5-3-2-4-6-17/h2-10H,11-15H2,1H3,(H,22,27). The largest absolute Gasteiger partial charge is 0.497 e. The number of nitrogens with zero attached hydrogens (tertiary/aromatic N) is 2. The van der Waals surface area contributed by atoms with Gasteiger partial charge >= 0.3 is 0 Å². The highest BCUT2D eigenvalue weighted by molar-refractivity contribution is 6.43. The number of para-hydroxylation sites is 1. The van der Waals surface area contributed by atoms with Gasteiger partial charge in [0.2, 0.25) is 11.7 Å². The monoisotopic (exact) mass is 381 g/mol. The van der Waals surface area contributed by atoms with Crippen LogP contribution in [0.5, 0.6) is 5.75 Å². The molecule has 0 aromatic heterocycles. The Hall–Kier alpha value is -3.35. The first-order valence-electron chi connectivity index (χ1n) is 9.13. The fourth-order valence-electron chi connectivity index (χ4n) is 3.07. The van der Waals surface area contributed by atoms with Crippen LogP contribution in [-0.4, -0.2) is 62.3 Å². The summed E-state index contributed by atoms with van der Waals surface area (Å²) in [5, 5.41) is 2.42. The second-order valence-corrected chi connectivity index (χ2v) is 6.44. The summed E-state index contributed by atoms with van der Waals surface area (Å²) in [5.41, 5.74) is 1.38. The van der Waals surface area contributed by atoms with Crippen molar-refractivity contribution in [2.75, 3.05) is 44.7 Å². The number of anilines is 1. The first-order valence-corrected chi connectivity index (χ1v) is 9.13. The maximum atomic E-state index is 12.4. The van der Waals surface area contributed by atoms with E-state index in [1.54, 1.807) is 17.0 Å². The van der Waals surface area contributed by atoms with Crippen molar-refractivity contribution >= 4 is 23.3 Å². The van der Waals surface area contributed by atoms with Crippen LogP contribution in [0.2, 0.25) is 0 Å². The summed E-state index contributed by atoms with van der Waals surface area (Å²) in [6, 6.07) is 16.3. The molecule has 7 heteroatoms. The second-order valence-electron chi connectivity index (χ2n) is 6.44. The van der Waals surface area contributed by atoms with E-state index in [1.807, 2.05) is 30.3 Å². The zero-order valence-corrected chi connectivity index (χ0v) is 15.8. The quantitative estimate of drug-likeness (QED) is 0.604.